The molecule has 0 amide bonds. The number of nitrogens with zero attached hydrogens (tertiary/aromatic N) is 4. The second-order valence-electron chi connectivity index (χ2n) is 7.45. The molecule has 0 radical (unpaired) electrons. The Hall–Kier alpha value is -4.52. The van der Waals surface area contributed by atoms with Crippen molar-refractivity contribution in [2.24, 2.45) is 5.73 Å². The average Bonchev–Trinajstić information content (AvgIpc) is 2.78. The Balaban J connectivity index is 1.96. The molecule has 0 aromatic heterocycles. The number of benzene rings is 2. The lowest BCUT2D eigenvalue weighted by atomic mass is 9.75. The van der Waals surface area contributed by atoms with Crippen LogP contribution in [-0.2, 0) is 4.79 Å². The minimum Gasteiger partial charge on any atom is -0.384 e. The molecule has 4 rings (SSSR count). The third-order valence-electron chi connectivity index (χ3n) is 5.63. The van der Waals surface area contributed by atoms with E-state index in [1.54, 1.807) is 12.1 Å². The number of carbonyl (C=O) groups is 1. The number of Topliss-reactive ketones (excluding diaryl/α,β-unsaturated/α-hetero) is 1. The van der Waals surface area contributed by atoms with Crippen molar-refractivity contribution in [2.75, 3.05) is 4.90 Å². The van der Waals surface area contributed by atoms with E-state index in [9.17, 15) is 30.3 Å². The van der Waals surface area contributed by atoms with Crippen LogP contribution in [0.25, 0.3) is 0 Å². The van der Waals surface area contributed by atoms with Crippen molar-refractivity contribution in [2.45, 2.75) is 25.2 Å². The fourth-order valence-electron chi connectivity index (χ4n) is 4.28. The number of nitriles is 1. The Morgan fingerprint density at radius 1 is 1.03 bits per heavy atom. The molecule has 160 valence electrons. The van der Waals surface area contributed by atoms with Gasteiger partial charge in [0.2, 0.25) is 0 Å². The molecule has 1 aliphatic carbocycles. The number of hydrogen-bond donors (Lipinski definition) is 1. The Morgan fingerprint density at radius 3 is 2.34 bits per heavy atom. The molecule has 0 saturated heterocycles. The first-order chi connectivity index (χ1) is 15.3. The van der Waals surface area contributed by atoms with Crippen molar-refractivity contribution in [3.8, 4) is 6.07 Å². The first-order valence-electron chi connectivity index (χ1n) is 9.78. The highest BCUT2D eigenvalue weighted by Gasteiger charge is 2.40. The molecule has 0 fully saturated rings. The van der Waals surface area contributed by atoms with Crippen molar-refractivity contribution in [3.63, 3.8) is 0 Å². The molecule has 0 bridgehead atoms. The third kappa shape index (κ3) is 3.35. The smallest absolute Gasteiger partial charge is 0.271 e. The molecule has 10 nitrogen and oxygen atoms in total. The van der Waals surface area contributed by atoms with Gasteiger partial charge < -0.3 is 5.73 Å². The van der Waals surface area contributed by atoms with Crippen LogP contribution in [0.5, 0.6) is 0 Å². The first-order valence-corrected chi connectivity index (χ1v) is 9.78. The highest BCUT2D eigenvalue weighted by Crippen LogP contribution is 2.46. The van der Waals surface area contributed by atoms with E-state index in [0.717, 1.165) is 0 Å². The van der Waals surface area contributed by atoms with Crippen LogP contribution in [0.2, 0.25) is 0 Å². The van der Waals surface area contributed by atoms with Gasteiger partial charge in [-0.05, 0) is 24.5 Å². The van der Waals surface area contributed by atoms with E-state index >= 15 is 0 Å². The fourth-order valence-corrected chi connectivity index (χ4v) is 4.28. The van der Waals surface area contributed by atoms with Crippen LogP contribution in [-0.4, -0.2) is 15.6 Å². The van der Waals surface area contributed by atoms with E-state index in [-0.39, 0.29) is 35.0 Å². The number of anilines is 1. The molecule has 10 heteroatoms. The Labute approximate surface area is 182 Å². The largest absolute Gasteiger partial charge is 0.384 e. The number of hydrogen-bond acceptors (Lipinski definition) is 8. The van der Waals surface area contributed by atoms with Gasteiger partial charge in [-0.25, -0.2) is 0 Å². The number of nitrogens with two attached hydrogens (primary N) is 1. The molecular weight excluding hydrogens is 414 g/mol. The van der Waals surface area contributed by atoms with E-state index in [0.29, 0.717) is 35.4 Å². The topological polar surface area (TPSA) is 156 Å². The van der Waals surface area contributed by atoms with E-state index in [2.05, 4.69) is 6.07 Å². The van der Waals surface area contributed by atoms with Crippen LogP contribution in [0.4, 0.5) is 17.1 Å². The summed E-state index contributed by atoms with van der Waals surface area (Å²) in [7, 11) is 0. The number of nitro benzene ring substituents is 2. The number of nitro groups is 2. The predicted octanol–water partition coefficient (Wildman–Crippen LogP) is 3.81. The highest BCUT2D eigenvalue weighted by molar-refractivity contribution is 6.01. The summed E-state index contributed by atoms with van der Waals surface area (Å²) >= 11 is 0. The SMILES string of the molecule is N#CC1=C(N)N(c2cccc([N+](=O)[O-])c2)C2=C(C(=O)CCC2)[C@@H]1c1cccc([N+](=O)[O-])c1. The summed E-state index contributed by atoms with van der Waals surface area (Å²) in [5, 5.41) is 32.5. The number of ketones is 1. The monoisotopic (exact) mass is 431 g/mol. The van der Waals surface area contributed by atoms with Crippen LogP contribution in [0.15, 0.2) is 71.2 Å². The molecule has 2 aliphatic rings. The molecule has 2 N–H and O–H groups in total. The zero-order valence-corrected chi connectivity index (χ0v) is 16.7. The molecular formula is C22H17N5O5. The maximum atomic E-state index is 13.1. The number of allylic oxidation sites excluding steroid dienone is 3. The predicted molar refractivity (Wildman–Crippen MR) is 114 cm³/mol. The normalized spacial score (nSPS) is 18.3. The number of non-ortho nitro benzene ring substituents is 2. The molecule has 1 heterocycles. The lowest BCUT2D eigenvalue weighted by Gasteiger charge is -2.39. The van der Waals surface area contributed by atoms with Gasteiger partial charge in [0.1, 0.15) is 5.82 Å². The highest BCUT2D eigenvalue weighted by atomic mass is 16.6. The van der Waals surface area contributed by atoms with Crippen molar-refractivity contribution in [3.05, 3.63) is 97.0 Å². The van der Waals surface area contributed by atoms with Crippen LogP contribution in [0.1, 0.15) is 30.7 Å². The molecule has 0 spiro atoms. The summed E-state index contributed by atoms with van der Waals surface area (Å²) in [4.78, 5) is 36.0. The summed E-state index contributed by atoms with van der Waals surface area (Å²) in [6, 6.07) is 13.6. The molecule has 0 unspecified atom stereocenters. The maximum Gasteiger partial charge on any atom is 0.271 e. The zero-order chi connectivity index (χ0) is 23.0. The Kier molecular flexibility index (Phi) is 5.16. The molecule has 2 aromatic rings. The van der Waals surface area contributed by atoms with Crippen LogP contribution in [0, 0.1) is 31.6 Å². The minimum absolute atomic E-state index is 0.0398. The van der Waals surface area contributed by atoms with Crippen molar-refractivity contribution in [1.82, 2.24) is 0 Å². The van der Waals surface area contributed by atoms with E-state index in [1.807, 2.05) is 0 Å². The van der Waals surface area contributed by atoms with Crippen LogP contribution < -0.4 is 10.6 Å². The standard InChI is InChI=1S/C22H17N5O5/c23-12-17-20(13-4-1-6-15(10-13)26(29)30)21-18(8-3-9-19(21)28)25(22(17)24)14-5-2-7-16(11-14)27(31)32/h1-2,4-7,10-11,20H,3,8-9,24H2/t20-/m1/s1. The van der Waals surface area contributed by atoms with Gasteiger partial charge in [-0.2, -0.15) is 5.26 Å². The van der Waals surface area contributed by atoms with E-state index < -0.39 is 15.8 Å². The van der Waals surface area contributed by atoms with Gasteiger partial charge in [-0.1, -0.05) is 18.2 Å². The molecule has 1 aliphatic heterocycles. The van der Waals surface area contributed by atoms with Gasteiger partial charge in [0.15, 0.2) is 5.78 Å². The Morgan fingerprint density at radius 2 is 1.69 bits per heavy atom. The molecule has 32 heavy (non-hydrogen) atoms. The van der Waals surface area contributed by atoms with Gasteiger partial charge >= 0.3 is 0 Å². The molecule has 2 aromatic carbocycles. The van der Waals surface area contributed by atoms with E-state index in [1.165, 1.54) is 41.3 Å². The van der Waals surface area contributed by atoms with Crippen molar-refractivity contribution in [1.29, 1.82) is 5.26 Å². The quantitative estimate of drug-likeness (QED) is 0.565. The van der Waals surface area contributed by atoms with Crippen LogP contribution in [0.3, 0.4) is 0 Å². The van der Waals surface area contributed by atoms with Gasteiger partial charge in [0.25, 0.3) is 11.4 Å². The summed E-state index contributed by atoms with van der Waals surface area (Å²) in [5.41, 5.74) is 7.82. The Bertz CT molecular complexity index is 1270. The van der Waals surface area contributed by atoms with Crippen molar-refractivity contribution >= 4 is 22.8 Å². The molecule has 1 atom stereocenters. The lowest BCUT2D eigenvalue weighted by molar-refractivity contribution is -0.385. The minimum atomic E-state index is -0.849. The summed E-state index contributed by atoms with van der Waals surface area (Å²) in [6.45, 7) is 0. The third-order valence-corrected chi connectivity index (χ3v) is 5.63. The van der Waals surface area contributed by atoms with Gasteiger partial charge in [0.05, 0.1) is 33.1 Å². The number of rotatable bonds is 4. The first kappa shape index (κ1) is 20.7. The van der Waals surface area contributed by atoms with E-state index in [4.69, 9.17) is 5.73 Å². The van der Waals surface area contributed by atoms with Gasteiger partial charge in [-0.15, -0.1) is 0 Å². The lowest BCUT2D eigenvalue weighted by Crippen LogP contribution is -2.38. The van der Waals surface area contributed by atoms with Gasteiger partial charge in [0, 0.05) is 42.0 Å². The number of carbonyl (C=O) groups excluding carboxylic acids is 1. The molecule has 0 saturated carbocycles. The summed E-state index contributed by atoms with van der Waals surface area (Å²) in [6.07, 6.45) is 1.29. The maximum absolute atomic E-state index is 13.1. The second-order valence-corrected chi connectivity index (χ2v) is 7.45. The fraction of sp³-hybridized carbons (Fsp3) is 0.182. The summed E-state index contributed by atoms with van der Waals surface area (Å²) < 4.78 is 0. The average molecular weight is 431 g/mol. The second kappa shape index (κ2) is 7.96. The van der Waals surface area contributed by atoms with Crippen LogP contribution >= 0.6 is 0 Å². The van der Waals surface area contributed by atoms with Gasteiger partial charge in [-0.3, -0.25) is 29.9 Å². The summed E-state index contributed by atoms with van der Waals surface area (Å²) in [5.74, 6) is -0.992. The zero-order valence-electron chi connectivity index (χ0n) is 16.7. The van der Waals surface area contributed by atoms with Crippen molar-refractivity contribution < 1.29 is 14.6 Å².